The average Bonchev–Trinajstić information content (AvgIpc) is 3.48. The van der Waals surface area contributed by atoms with E-state index in [1.165, 1.54) is 11.3 Å². The van der Waals surface area contributed by atoms with Gasteiger partial charge in [0.05, 0.1) is 30.9 Å². The molecule has 0 bridgehead atoms. The summed E-state index contributed by atoms with van der Waals surface area (Å²) in [4.78, 5) is 28.2. The van der Waals surface area contributed by atoms with E-state index in [0.717, 1.165) is 21.9 Å². The largest absolute Gasteiger partial charge is 0.496 e. The molecule has 2 aromatic heterocycles. The number of hydrogen-bond donors (Lipinski definition) is 1. The molecule has 31 heavy (non-hydrogen) atoms. The van der Waals surface area contributed by atoms with E-state index >= 15 is 0 Å². The van der Waals surface area contributed by atoms with Gasteiger partial charge in [-0.3, -0.25) is 14.3 Å². The van der Waals surface area contributed by atoms with E-state index in [0.29, 0.717) is 38.5 Å². The van der Waals surface area contributed by atoms with Crippen LogP contribution in [0.1, 0.15) is 16.1 Å². The number of rotatable bonds is 7. The molecular formula is C22H24N4O4S. The molecule has 1 fully saturated rings. The smallest absolute Gasteiger partial charge is 0.274 e. The van der Waals surface area contributed by atoms with Gasteiger partial charge in [-0.2, -0.15) is 5.10 Å². The van der Waals surface area contributed by atoms with Crippen molar-refractivity contribution in [3.8, 4) is 16.3 Å². The molecule has 162 valence electrons. The number of aromatic nitrogens is 2. The van der Waals surface area contributed by atoms with Crippen LogP contribution in [0.25, 0.3) is 10.6 Å². The fraction of sp³-hybridized carbons (Fsp3) is 0.318. The number of morpholine rings is 1. The average molecular weight is 441 g/mol. The second-order valence-electron chi connectivity index (χ2n) is 7.04. The zero-order valence-electron chi connectivity index (χ0n) is 17.2. The monoisotopic (exact) mass is 440 g/mol. The Bertz CT molecular complexity index is 1040. The minimum atomic E-state index is -0.197. The maximum absolute atomic E-state index is 12.9. The van der Waals surface area contributed by atoms with Crippen LogP contribution in [0, 0.1) is 0 Å². The van der Waals surface area contributed by atoms with Gasteiger partial charge in [0, 0.05) is 25.2 Å². The van der Waals surface area contributed by atoms with Crippen LogP contribution in [-0.4, -0.2) is 59.9 Å². The summed E-state index contributed by atoms with van der Waals surface area (Å²) in [5, 5.41) is 9.34. The number of carbonyl (C=O) groups excluding carboxylic acids is 2. The Morgan fingerprint density at radius 3 is 2.74 bits per heavy atom. The number of thiophene rings is 1. The summed E-state index contributed by atoms with van der Waals surface area (Å²) in [6.07, 6.45) is 0. The lowest BCUT2D eigenvalue weighted by Gasteiger charge is -2.25. The third-order valence-corrected chi connectivity index (χ3v) is 5.93. The Labute approximate surface area is 184 Å². The molecule has 1 aliphatic rings. The van der Waals surface area contributed by atoms with Gasteiger partial charge in [-0.25, -0.2) is 0 Å². The van der Waals surface area contributed by atoms with Crippen molar-refractivity contribution in [2.24, 2.45) is 0 Å². The molecule has 0 spiro atoms. The molecule has 4 rings (SSSR count). The van der Waals surface area contributed by atoms with Crippen molar-refractivity contribution in [2.45, 2.75) is 13.1 Å². The van der Waals surface area contributed by atoms with Gasteiger partial charge in [-0.05, 0) is 23.6 Å². The fourth-order valence-electron chi connectivity index (χ4n) is 3.43. The van der Waals surface area contributed by atoms with Gasteiger partial charge in [0.25, 0.3) is 5.91 Å². The predicted molar refractivity (Wildman–Crippen MR) is 117 cm³/mol. The molecule has 0 aliphatic carbocycles. The third-order valence-electron chi connectivity index (χ3n) is 5.03. The van der Waals surface area contributed by atoms with Gasteiger partial charge in [0.15, 0.2) is 5.69 Å². The van der Waals surface area contributed by atoms with Crippen molar-refractivity contribution in [3.05, 3.63) is 59.1 Å². The van der Waals surface area contributed by atoms with Crippen molar-refractivity contribution in [3.63, 3.8) is 0 Å². The summed E-state index contributed by atoms with van der Waals surface area (Å²) in [7, 11) is 1.60. The Morgan fingerprint density at radius 2 is 2.00 bits per heavy atom. The third kappa shape index (κ3) is 4.95. The number of carbonyl (C=O) groups is 2. The summed E-state index contributed by atoms with van der Waals surface area (Å²) in [6, 6.07) is 13.2. The Kier molecular flexibility index (Phi) is 6.63. The number of ether oxygens (including phenoxy) is 2. The van der Waals surface area contributed by atoms with E-state index < -0.39 is 0 Å². The number of para-hydroxylation sites is 1. The number of methoxy groups -OCH3 is 1. The first kappa shape index (κ1) is 21.1. The quantitative estimate of drug-likeness (QED) is 0.610. The minimum absolute atomic E-state index is 0.0127. The van der Waals surface area contributed by atoms with Crippen LogP contribution in [0.15, 0.2) is 47.8 Å². The summed E-state index contributed by atoms with van der Waals surface area (Å²) in [5.41, 5.74) is 1.97. The number of benzene rings is 1. The van der Waals surface area contributed by atoms with Gasteiger partial charge >= 0.3 is 0 Å². The topological polar surface area (TPSA) is 85.7 Å². The predicted octanol–water partition coefficient (Wildman–Crippen LogP) is 2.41. The van der Waals surface area contributed by atoms with E-state index in [4.69, 9.17) is 9.47 Å². The van der Waals surface area contributed by atoms with E-state index in [9.17, 15) is 9.59 Å². The molecule has 3 aromatic rings. The zero-order valence-corrected chi connectivity index (χ0v) is 18.1. The highest BCUT2D eigenvalue weighted by Gasteiger charge is 2.23. The maximum Gasteiger partial charge on any atom is 0.274 e. The molecule has 1 aromatic carbocycles. The highest BCUT2D eigenvalue weighted by Crippen LogP contribution is 2.26. The lowest BCUT2D eigenvalue weighted by atomic mass is 10.2. The van der Waals surface area contributed by atoms with E-state index in [1.54, 1.807) is 22.8 Å². The Hall–Kier alpha value is -3.17. The first-order valence-electron chi connectivity index (χ1n) is 10.0. The summed E-state index contributed by atoms with van der Waals surface area (Å²) in [6.45, 7) is 2.49. The van der Waals surface area contributed by atoms with Crippen molar-refractivity contribution in [1.82, 2.24) is 20.0 Å². The van der Waals surface area contributed by atoms with E-state index in [1.807, 2.05) is 41.8 Å². The summed E-state index contributed by atoms with van der Waals surface area (Å²) < 4.78 is 12.3. The van der Waals surface area contributed by atoms with Crippen LogP contribution < -0.4 is 10.1 Å². The molecular weight excluding hydrogens is 416 g/mol. The molecule has 3 heterocycles. The van der Waals surface area contributed by atoms with Gasteiger partial charge in [0.2, 0.25) is 5.91 Å². The highest BCUT2D eigenvalue weighted by atomic mass is 32.1. The molecule has 0 atom stereocenters. The Balaban J connectivity index is 1.50. The van der Waals surface area contributed by atoms with Crippen LogP contribution in [0.3, 0.4) is 0 Å². The second kappa shape index (κ2) is 9.76. The number of amides is 2. The van der Waals surface area contributed by atoms with Crippen LogP contribution in [0.5, 0.6) is 5.75 Å². The summed E-state index contributed by atoms with van der Waals surface area (Å²) >= 11 is 1.54. The summed E-state index contributed by atoms with van der Waals surface area (Å²) in [5.74, 6) is 0.381. The van der Waals surface area contributed by atoms with Crippen LogP contribution in [0.2, 0.25) is 0 Å². The molecule has 0 saturated carbocycles. The van der Waals surface area contributed by atoms with Crippen molar-refractivity contribution in [1.29, 1.82) is 0 Å². The molecule has 2 amide bonds. The van der Waals surface area contributed by atoms with Crippen LogP contribution >= 0.6 is 11.3 Å². The van der Waals surface area contributed by atoms with Gasteiger partial charge in [0.1, 0.15) is 12.3 Å². The fourth-order valence-corrected chi connectivity index (χ4v) is 4.17. The number of nitrogens with zero attached hydrogens (tertiary/aromatic N) is 3. The normalized spacial score (nSPS) is 13.8. The maximum atomic E-state index is 12.9. The molecule has 1 aliphatic heterocycles. The van der Waals surface area contributed by atoms with Crippen molar-refractivity contribution < 1.29 is 19.1 Å². The first-order valence-corrected chi connectivity index (χ1v) is 10.9. The van der Waals surface area contributed by atoms with Crippen LogP contribution in [-0.2, 0) is 22.6 Å². The van der Waals surface area contributed by atoms with Crippen molar-refractivity contribution >= 4 is 23.2 Å². The van der Waals surface area contributed by atoms with Crippen LogP contribution in [0.4, 0.5) is 0 Å². The van der Waals surface area contributed by atoms with Gasteiger partial charge in [-0.15, -0.1) is 11.3 Å². The second-order valence-corrected chi connectivity index (χ2v) is 7.99. The minimum Gasteiger partial charge on any atom is -0.496 e. The Morgan fingerprint density at radius 1 is 1.19 bits per heavy atom. The molecule has 0 unspecified atom stereocenters. The SMILES string of the molecule is COc1ccccc1CNC(=O)Cn1nc(C(=O)N2CCOCC2)cc1-c1cccs1. The lowest BCUT2D eigenvalue weighted by Crippen LogP contribution is -2.40. The molecule has 9 heteroatoms. The van der Waals surface area contributed by atoms with Crippen molar-refractivity contribution in [2.75, 3.05) is 33.4 Å². The van der Waals surface area contributed by atoms with E-state index in [2.05, 4.69) is 10.4 Å². The number of nitrogens with one attached hydrogen (secondary N) is 1. The molecule has 1 N–H and O–H groups in total. The lowest BCUT2D eigenvalue weighted by molar-refractivity contribution is -0.122. The number of hydrogen-bond acceptors (Lipinski definition) is 6. The first-order chi connectivity index (χ1) is 15.2. The van der Waals surface area contributed by atoms with Gasteiger partial charge in [-0.1, -0.05) is 24.3 Å². The van der Waals surface area contributed by atoms with Gasteiger partial charge < -0.3 is 19.7 Å². The molecule has 0 radical (unpaired) electrons. The molecule has 8 nitrogen and oxygen atoms in total. The standard InChI is InChI=1S/C22H24N4O4S/c1-29-19-6-3-2-5-16(19)14-23-21(27)15-26-18(20-7-4-12-31-20)13-17(24-26)22(28)25-8-10-30-11-9-25/h2-7,12-13H,8-11,14-15H2,1H3,(H,23,27). The zero-order chi connectivity index (χ0) is 21.6. The highest BCUT2D eigenvalue weighted by molar-refractivity contribution is 7.13. The molecule has 1 saturated heterocycles. The van der Waals surface area contributed by atoms with E-state index in [-0.39, 0.29) is 18.4 Å².